The van der Waals surface area contributed by atoms with Crippen molar-refractivity contribution in [3.8, 4) is 0 Å². The van der Waals surface area contributed by atoms with E-state index in [0.29, 0.717) is 0 Å². The van der Waals surface area contributed by atoms with Gasteiger partial charge < -0.3 is 10.6 Å². The van der Waals surface area contributed by atoms with Crippen LogP contribution in [0.3, 0.4) is 0 Å². The van der Waals surface area contributed by atoms with Gasteiger partial charge in [0.2, 0.25) is 0 Å². The van der Waals surface area contributed by atoms with Crippen molar-refractivity contribution in [2.45, 2.75) is 45.6 Å². The Bertz CT molecular complexity index is 305. The van der Waals surface area contributed by atoms with Gasteiger partial charge in [-0.25, -0.2) is 0 Å². The molecule has 1 rings (SSSR count). The first-order valence-electron chi connectivity index (χ1n) is 7.16. The number of nitrogens with two attached hydrogens (primary N) is 1. The van der Waals surface area contributed by atoms with Gasteiger partial charge in [-0.1, -0.05) is 49.1 Å². The first-order valence-corrected chi connectivity index (χ1v) is 7.16. The molecule has 0 bridgehead atoms. The average Bonchev–Trinajstić information content (AvgIpc) is 2.36. The van der Waals surface area contributed by atoms with Gasteiger partial charge in [0, 0.05) is 6.54 Å². The second-order valence-corrected chi connectivity index (χ2v) is 5.28. The van der Waals surface area contributed by atoms with Crippen LogP contribution in [0.15, 0.2) is 24.3 Å². The molecule has 2 nitrogen and oxygen atoms in total. The van der Waals surface area contributed by atoms with Gasteiger partial charge in [0.15, 0.2) is 0 Å². The lowest BCUT2D eigenvalue weighted by Gasteiger charge is -2.16. The molecule has 0 atom stereocenters. The van der Waals surface area contributed by atoms with Crippen LogP contribution in [-0.4, -0.2) is 25.0 Å². The molecule has 1 aromatic rings. The van der Waals surface area contributed by atoms with Crippen molar-refractivity contribution < 1.29 is 0 Å². The van der Waals surface area contributed by atoms with Crippen LogP contribution < -0.4 is 5.73 Å². The maximum absolute atomic E-state index is 5.48. The molecule has 0 aliphatic rings. The molecular formula is C16H28N2. The predicted octanol–water partition coefficient (Wildman–Crippen LogP) is 3.34. The van der Waals surface area contributed by atoms with Crippen molar-refractivity contribution in [3.05, 3.63) is 35.4 Å². The molecule has 0 radical (unpaired) electrons. The third kappa shape index (κ3) is 6.77. The quantitative estimate of drug-likeness (QED) is 0.679. The van der Waals surface area contributed by atoms with Gasteiger partial charge in [0.1, 0.15) is 0 Å². The molecule has 0 aliphatic heterocycles. The van der Waals surface area contributed by atoms with Crippen LogP contribution >= 0.6 is 0 Å². The Hall–Kier alpha value is -0.860. The van der Waals surface area contributed by atoms with Gasteiger partial charge in [-0.05, 0) is 45.5 Å². The normalized spacial score (nSPS) is 11.1. The predicted molar refractivity (Wildman–Crippen MR) is 79.7 cm³/mol. The summed E-state index contributed by atoms with van der Waals surface area (Å²) in [5.74, 6) is 0. The molecule has 0 unspecified atom stereocenters. The van der Waals surface area contributed by atoms with Crippen molar-refractivity contribution in [2.75, 3.05) is 20.1 Å². The molecule has 2 heteroatoms. The Balaban J connectivity index is 2.10. The fourth-order valence-corrected chi connectivity index (χ4v) is 2.14. The second-order valence-electron chi connectivity index (χ2n) is 5.28. The monoisotopic (exact) mass is 248 g/mol. The fourth-order valence-electron chi connectivity index (χ4n) is 2.14. The number of rotatable bonds is 9. The molecule has 1 aromatic carbocycles. The van der Waals surface area contributed by atoms with E-state index >= 15 is 0 Å². The Morgan fingerprint density at radius 2 is 1.56 bits per heavy atom. The number of nitrogens with zero attached hydrogens (tertiary/aromatic N) is 1. The van der Waals surface area contributed by atoms with Gasteiger partial charge in [-0.15, -0.1) is 0 Å². The molecule has 18 heavy (non-hydrogen) atoms. The van der Waals surface area contributed by atoms with E-state index in [9.17, 15) is 0 Å². The molecule has 0 heterocycles. The van der Waals surface area contributed by atoms with Crippen LogP contribution in [0.2, 0.25) is 0 Å². The van der Waals surface area contributed by atoms with Crippen LogP contribution in [0.25, 0.3) is 0 Å². The van der Waals surface area contributed by atoms with Crippen LogP contribution in [0.5, 0.6) is 0 Å². The summed E-state index contributed by atoms with van der Waals surface area (Å²) >= 11 is 0. The Labute approximate surface area is 112 Å². The van der Waals surface area contributed by atoms with Gasteiger partial charge in [-0.3, -0.25) is 0 Å². The zero-order chi connectivity index (χ0) is 13.2. The zero-order valence-corrected chi connectivity index (χ0v) is 12.0. The van der Waals surface area contributed by atoms with Crippen LogP contribution in [0.1, 0.15) is 43.2 Å². The SMILES string of the molecule is Cc1ccc(CN(C)CCCCCCCN)cc1. The molecular weight excluding hydrogens is 220 g/mol. The third-order valence-electron chi connectivity index (χ3n) is 3.32. The highest BCUT2D eigenvalue weighted by Gasteiger charge is 2.00. The average molecular weight is 248 g/mol. The van der Waals surface area contributed by atoms with Crippen LogP contribution in [0, 0.1) is 6.92 Å². The minimum Gasteiger partial charge on any atom is -0.330 e. The Morgan fingerprint density at radius 1 is 0.944 bits per heavy atom. The van der Waals surface area contributed by atoms with Gasteiger partial charge in [0.05, 0.1) is 0 Å². The highest BCUT2D eigenvalue weighted by atomic mass is 15.1. The summed E-state index contributed by atoms with van der Waals surface area (Å²) < 4.78 is 0. The highest BCUT2D eigenvalue weighted by molar-refractivity contribution is 5.21. The smallest absolute Gasteiger partial charge is 0.0230 e. The molecule has 102 valence electrons. The fraction of sp³-hybridized carbons (Fsp3) is 0.625. The summed E-state index contributed by atoms with van der Waals surface area (Å²) in [5.41, 5.74) is 8.22. The topological polar surface area (TPSA) is 29.3 Å². The van der Waals surface area contributed by atoms with Gasteiger partial charge >= 0.3 is 0 Å². The Kier molecular flexibility index (Phi) is 7.70. The summed E-state index contributed by atoms with van der Waals surface area (Å²) in [6.45, 7) is 5.22. The molecule has 0 aromatic heterocycles. The van der Waals surface area contributed by atoms with Gasteiger partial charge in [-0.2, -0.15) is 0 Å². The number of hydrogen-bond donors (Lipinski definition) is 1. The summed E-state index contributed by atoms with van der Waals surface area (Å²) in [4.78, 5) is 2.41. The minimum atomic E-state index is 0.841. The first-order chi connectivity index (χ1) is 8.72. The van der Waals surface area contributed by atoms with Crippen molar-refractivity contribution in [2.24, 2.45) is 5.73 Å². The summed E-state index contributed by atoms with van der Waals surface area (Å²) in [6, 6.07) is 8.84. The van der Waals surface area contributed by atoms with E-state index in [4.69, 9.17) is 5.73 Å². The lowest BCUT2D eigenvalue weighted by atomic mass is 10.1. The number of hydrogen-bond acceptors (Lipinski definition) is 2. The lowest BCUT2D eigenvalue weighted by Crippen LogP contribution is -2.19. The second kappa shape index (κ2) is 9.12. The van der Waals surface area contributed by atoms with E-state index in [1.54, 1.807) is 0 Å². The minimum absolute atomic E-state index is 0.841. The number of aryl methyl sites for hydroxylation is 1. The summed E-state index contributed by atoms with van der Waals surface area (Å²) in [6.07, 6.45) is 6.43. The molecule has 0 fully saturated rings. The van der Waals surface area contributed by atoms with Crippen LogP contribution in [-0.2, 0) is 6.54 Å². The maximum Gasteiger partial charge on any atom is 0.0230 e. The largest absolute Gasteiger partial charge is 0.330 e. The van der Waals surface area contributed by atoms with Crippen molar-refractivity contribution >= 4 is 0 Å². The Morgan fingerprint density at radius 3 is 2.22 bits per heavy atom. The van der Waals surface area contributed by atoms with Crippen molar-refractivity contribution in [1.29, 1.82) is 0 Å². The molecule has 0 saturated carbocycles. The molecule has 0 amide bonds. The summed E-state index contributed by atoms with van der Waals surface area (Å²) in [7, 11) is 2.21. The third-order valence-corrected chi connectivity index (χ3v) is 3.32. The van der Waals surface area contributed by atoms with E-state index in [2.05, 4.69) is 43.1 Å². The highest BCUT2D eigenvalue weighted by Crippen LogP contribution is 2.08. The van der Waals surface area contributed by atoms with E-state index < -0.39 is 0 Å². The van der Waals surface area contributed by atoms with E-state index in [-0.39, 0.29) is 0 Å². The first kappa shape index (κ1) is 15.2. The molecule has 2 N–H and O–H groups in total. The van der Waals surface area contributed by atoms with Crippen molar-refractivity contribution in [1.82, 2.24) is 4.90 Å². The van der Waals surface area contributed by atoms with E-state index in [1.165, 1.54) is 49.8 Å². The van der Waals surface area contributed by atoms with E-state index in [0.717, 1.165) is 13.1 Å². The van der Waals surface area contributed by atoms with Gasteiger partial charge in [0.25, 0.3) is 0 Å². The summed E-state index contributed by atoms with van der Waals surface area (Å²) in [5, 5.41) is 0. The van der Waals surface area contributed by atoms with Crippen molar-refractivity contribution in [3.63, 3.8) is 0 Å². The standard InChI is InChI=1S/C16H28N2/c1-15-8-10-16(11-9-15)14-18(2)13-7-5-3-4-6-12-17/h8-11H,3-7,12-14,17H2,1-2H3. The number of unbranched alkanes of at least 4 members (excludes halogenated alkanes) is 4. The molecule has 0 saturated heterocycles. The molecule has 0 aliphatic carbocycles. The number of benzene rings is 1. The molecule has 0 spiro atoms. The van der Waals surface area contributed by atoms with Crippen LogP contribution in [0.4, 0.5) is 0 Å². The zero-order valence-electron chi connectivity index (χ0n) is 12.0. The maximum atomic E-state index is 5.48. The lowest BCUT2D eigenvalue weighted by molar-refractivity contribution is 0.316. The van der Waals surface area contributed by atoms with E-state index in [1.807, 2.05) is 0 Å².